The van der Waals surface area contributed by atoms with Gasteiger partial charge in [-0.3, -0.25) is 4.79 Å². The van der Waals surface area contributed by atoms with E-state index in [2.05, 4.69) is 26.1 Å². The van der Waals surface area contributed by atoms with Crippen LogP contribution in [-0.2, 0) is 4.79 Å². The molecule has 0 aliphatic heterocycles. The summed E-state index contributed by atoms with van der Waals surface area (Å²) < 4.78 is 0. The highest BCUT2D eigenvalue weighted by atomic mass is 16.2. The third kappa shape index (κ3) is 7.40. The Hall–Kier alpha value is -0.530. The summed E-state index contributed by atoms with van der Waals surface area (Å²) in [7, 11) is 0. The van der Waals surface area contributed by atoms with Crippen LogP contribution in [0.15, 0.2) is 0 Å². The molecule has 1 aliphatic carbocycles. The molecule has 0 aromatic rings. The summed E-state index contributed by atoms with van der Waals surface area (Å²) in [6.45, 7) is 12.4. The van der Waals surface area contributed by atoms with Gasteiger partial charge in [0.1, 0.15) is 0 Å². The molecule has 0 radical (unpaired) electrons. The molecule has 1 N–H and O–H groups in total. The normalized spacial score (nSPS) is 24.6. The molecule has 0 aromatic carbocycles. The Morgan fingerprint density at radius 1 is 1.12 bits per heavy atom. The van der Waals surface area contributed by atoms with Gasteiger partial charge in [-0.1, -0.05) is 48.0 Å². The van der Waals surface area contributed by atoms with E-state index in [0.717, 1.165) is 18.8 Å². The van der Waals surface area contributed by atoms with Crippen LogP contribution in [0.1, 0.15) is 73.6 Å². The zero-order valence-corrected chi connectivity index (χ0v) is 12.6. The van der Waals surface area contributed by atoms with Crippen molar-refractivity contribution in [3.8, 4) is 0 Å². The van der Waals surface area contributed by atoms with Gasteiger partial charge in [0.25, 0.3) is 0 Å². The molecule has 1 saturated carbocycles. The molecule has 1 aliphatic rings. The van der Waals surface area contributed by atoms with Gasteiger partial charge >= 0.3 is 0 Å². The Kier molecular flexibility index (Phi) is 7.49. The highest BCUT2D eigenvalue weighted by Crippen LogP contribution is 2.24. The average Bonchev–Trinajstić information content (AvgIpc) is 2.21. The van der Waals surface area contributed by atoms with Gasteiger partial charge in [-0.05, 0) is 31.6 Å². The van der Waals surface area contributed by atoms with Crippen molar-refractivity contribution in [3.63, 3.8) is 0 Å². The van der Waals surface area contributed by atoms with E-state index in [4.69, 9.17) is 0 Å². The fourth-order valence-corrected chi connectivity index (χ4v) is 1.81. The fourth-order valence-electron chi connectivity index (χ4n) is 1.81. The molecule has 0 atom stereocenters. The largest absolute Gasteiger partial charge is 0.353 e. The lowest BCUT2D eigenvalue weighted by Crippen LogP contribution is -2.43. The van der Waals surface area contributed by atoms with Crippen molar-refractivity contribution in [1.82, 2.24) is 5.32 Å². The van der Waals surface area contributed by atoms with Crippen LogP contribution in [-0.4, -0.2) is 11.9 Å². The van der Waals surface area contributed by atoms with E-state index in [1.54, 1.807) is 0 Å². The van der Waals surface area contributed by atoms with Gasteiger partial charge < -0.3 is 5.32 Å². The van der Waals surface area contributed by atoms with Crippen molar-refractivity contribution < 1.29 is 4.79 Å². The average molecular weight is 241 g/mol. The number of rotatable bonds is 1. The standard InChI is InChI=1S/C12H23NO.C3H8/c1-9-5-7-10(8-6-9)13-11(14)12(2,3)4;1-3-2/h9-10H,5-8H2,1-4H3,(H,13,14);3H2,1-2H3. The number of carbonyl (C=O) groups is 1. The molecular weight excluding hydrogens is 210 g/mol. The summed E-state index contributed by atoms with van der Waals surface area (Å²) in [4.78, 5) is 11.7. The summed E-state index contributed by atoms with van der Waals surface area (Å²) in [5, 5.41) is 3.14. The summed E-state index contributed by atoms with van der Waals surface area (Å²) in [6.07, 6.45) is 6.08. The predicted molar refractivity (Wildman–Crippen MR) is 75.0 cm³/mol. The van der Waals surface area contributed by atoms with Gasteiger partial charge in [-0.25, -0.2) is 0 Å². The SMILES string of the molecule is CC1CCC(NC(=O)C(C)(C)C)CC1.CCC. The fraction of sp³-hybridized carbons (Fsp3) is 0.933. The van der Waals surface area contributed by atoms with Crippen LogP contribution in [0.25, 0.3) is 0 Å². The minimum absolute atomic E-state index is 0.192. The third-order valence-electron chi connectivity index (χ3n) is 3.03. The highest BCUT2D eigenvalue weighted by molar-refractivity contribution is 5.81. The molecule has 2 nitrogen and oxygen atoms in total. The second-order valence-electron chi connectivity index (χ2n) is 6.39. The summed E-state index contributed by atoms with van der Waals surface area (Å²) in [5.74, 6) is 1.04. The Morgan fingerprint density at radius 2 is 1.53 bits per heavy atom. The first-order valence-electron chi connectivity index (χ1n) is 7.12. The van der Waals surface area contributed by atoms with Crippen LogP contribution in [0.4, 0.5) is 0 Å². The second kappa shape index (κ2) is 7.73. The molecule has 1 fully saturated rings. The number of hydrogen-bond donors (Lipinski definition) is 1. The molecule has 1 rings (SSSR count). The van der Waals surface area contributed by atoms with Crippen LogP contribution >= 0.6 is 0 Å². The van der Waals surface area contributed by atoms with E-state index in [1.807, 2.05) is 20.8 Å². The van der Waals surface area contributed by atoms with Crippen LogP contribution < -0.4 is 5.32 Å². The minimum atomic E-state index is -0.247. The van der Waals surface area contributed by atoms with E-state index in [9.17, 15) is 4.79 Å². The lowest BCUT2D eigenvalue weighted by Gasteiger charge is -2.29. The van der Waals surface area contributed by atoms with E-state index < -0.39 is 0 Å². The molecule has 0 unspecified atom stereocenters. The zero-order chi connectivity index (χ0) is 13.5. The Labute approximate surface area is 108 Å². The maximum Gasteiger partial charge on any atom is 0.225 e. The Balaban J connectivity index is 0.000000770. The van der Waals surface area contributed by atoms with Crippen LogP contribution in [0.2, 0.25) is 0 Å². The molecule has 2 heteroatoms. The molecule has 0 saturated heterocycles. The molecule has 0 spiro atoms. The number of amides is 1. The van der Waals surface area contributed by atoms with Gasteiger partial charge in [-0.15, -0.1) is 0 Å². The summed E-state index contributed by atoms with van der Waals surface area (Å²) >= 11 is 0. The molecular formula is C15H31NO. The van der Waals surface area contributed by atoms with Crippen molar-refractivity contribution in [2.75, 3.05) is 0 Å². The maximum absolute atomic E-state index is 11.7. The first kappa shape index (κ1) is 16.5. The van der Waals surface area contributed by atoms with Crippen LogP contribution in [0.3, 0.4) is 0 Å². The van der Waals surface area contributed by atoms with Gasteiger partial charge in [0.2, 0.25) is 5.91 Å². The molecule has 102 valence electrons. The van der Waals surface area contributed by atoms with Crippen molar-refractivity contribution in [2.45, 2.75) is 79.7 Å². The summed E-state index contributed by atoms with van der Waals surface area (Å²) in [5.41, 5.74) is -0.247. The van der Waals surface area contributed by atoms with Gasteiger partial charge in [0, 0.05) is 11.5 Å². The topological polar surface area (TPSA) is 29.1 Å². The Morgan fingerprint density at radius 3 is 1.88 bits per heavy atom. The zero-order valence-electron chi connectivity index (χ0n) is 12.6. The van der Waals surface area contributed by atoms with Gasteiger partial charge in [-0.2, -0.15) is 0 Å². The quantitative estimate of drug-likeness (QED) is 0.734. The van der Waals surface area contributed by atoms with Crippen molar-refractivity contribution in [2.24, 2.45) is 11.3 Å². The highest BCUT2D eigenvalue weighted by Gasteiger charge is 2.25. The smallest absolute Gasteiger partial charge is 0.225 e. The lowest BCUT2D eigenvalue weighted by atomic mass is 9.86. The lowest BCUT2D eigenvalue weighted by molar-refractivity contribution is -0.129. The van der Waals surface area contributed by atoms with Gasteiger partial charge in [0.05, 0.1) is 0 Å². The molecule has 0 bridgehead atoms. The van der Waals surface area contributed by atoms with Crippen molar-refractivity contribution in [3.05, 3.63) is 0 Å². The number of carbonyl (C=O) groups excluding carboxylic acids is 1. The first-order valence-corrected chi connectivity index (χ1v) is 7.12. The van der Waals surface area contributed by atoms with Gasteiger partial charge in [0.15, 0.2) is 0 Å². The molecule has 1 amide bonds. The monoisotopic (exact) mass is 241 g/mol. The molecule has 0 heterocycles. The summed E-state index contributed by atoms with van der Waals surface area (Å²) in [6, 6.07) is 0.429. The van der Waals surface area contributed by atoms with E-state index in [-0.39, 0.29) is 11.3 Å². The number of nitrogens with one attached hydrogen (secondary N) is 1. The van der Waals surface area contributed by atoms with Crippen molar-refractivity contribution >= 4 is 5.91 Å². The predicted octanol–water partition coefficient (Wildman–Crippen LogP) is 4.14. The maximum atomic E-state index is 11.7. The second-order valence-corrected chi connectivity index (χ2v) is 6.39. The third-order valence-corrected chi connectivity index (χ3v) is 3.03. The first-order chi connectivity index (χ1) is 7.81. The van der Waals surface area contributed by atoms with E-state index in [0.29, 0.717) is 6.04 Å². The molecule has 0 aromatic heterocycles. The van der Waals surface area contributed by atoms with E-state index >= 15 is 0 Å². The molecule has 17 heavy (non-hydrogen) atoms. The van der Waals surface area contributed by atoms with Crippen LogP contribution in [0, 0.1) is 11.3 Å². The van der Waals surface area contributed by atoms with Crippen molar-refractivity contribution in [1.29, 1.82) is 0 Å². The van der Waals surface area contributed by atoms with Crippen LogP contribution in [0.5, 0.6) is 0 Å². The minimum Gasteiger partial charge on any atom is -0.353 e. The van der Waals surface area contributed by atoms with E-state index in [1.165, 1.54) is 19.3 Å². The number of hydrogen-bond acceptors (Lipinski definition) is 1. The Bertz CT molecular complexity index is 209.